The molecule has 0 amide bonds. The molecule has 0 spiro atoms. The molecule has 2 aliphatic carbocycles. The lowest BCUT2D eigenvalue weighted by molar-refractivity contribution is -0.165. The molecule has 3 aliphatic rings. The van der Waals surface area contributed by atoms with Gasteiger partial charge in [-0.2, -0.15) is 0 Å². The summed E-state index contributed by atoms with van der Waals surface area (Å²) >= 11 is 0. The van der Waals surface area contributed by atoms with Crippen molar-refractivity contribution < 1.29 is 23.9 Å². The van der Waals surface area contributed by atoms with Gasteiger partial charge in [-0.1, -0.05) is 18.1 Å². The molecule has 0 saturated carbocycles. The predicted molar refractivity (Wildman–Crippen MR) is 127 cm³/mol. The Morgan fingerprint density at radius 1 is 1.18 bits per heavy atom. The smallest absolute Gasteiger partial charge is 0.359 e. The van der Waals surface area contributed by atoms with Gasteiger partial charge in [-0.15, -0.1) is 0 Å². The second kappa shape index (κ2) is 8.41. The van der Waals surface area contributed by atoms with Crippen LogP contribution in [0.2, 0.25) is 0 Å². The number of benzene rings is 1. The first-order valence-corrected chi connectivity index (χ1v) is 12.4. The Balaban J connectivity index is 1.54. The monoisotopic (exact) mass is 467 g/mol. The summed E-state index contributed by atoms with van der Waals surface area (Å²) in [5, 5.41) is 18.0. The number of aromatic nitrogens is 1. The summed E-state index contributed by atoms with van der Waals surface area (Å²) in [6.07, 6.45) is 7.04. The number of aryl methyl sites for hydroxylation is 2. The first-order valence-electron chi connectivity index (χ1n) is 12.4. The largest absolute Gasteiger partial charge is 0.463 e. The Labute approximate surface area is 199 Å². The molecule has 8 heteroatoms. The molecular weight excluding hydrogens is 434 g/mol. The number of nitrogens with one attached hydrogen (secondary N) is 1. The molecule has 2 aromatic rings. The van der Waals surface area contributed by atoms with Gasteiger partial charge in [0.15, 0.2) is 5.76 Å². The average Bonchev–Trinajstić information content (AvgIpc) is 3.57. The van der Waals surface area contributed by atoms with Gasteiger partial charge in [-0.3, -0.25) is 0 Å². The van der Waals surface area contributed by atoms with Crippen LogP contribution in [0.1, 0.15) is 80.7 Å². The van der Waals surface area contributed by atoms with E-state index < -0.39 is 23.2 Å². The SMILES string of the molecule is CCOC(=O)[C@]1(c2cc(C(C)(C)O)on2)OC(Nc2c3c(cc4c2CCC4)CCC3)=N[C@H]1CC. The van der Waals surface area contributed by atoms with E-state index in [0.717, 1.165) is 44.2 Å². The van der Waals surface area contributed by atoms with E-state index >= 15 is 0 Å². The summed E-state index contributed by atoms with van der Waals surface area (Å²) in [6, 6.07) is 3.68. The molecule has 0 radical (unpaired) electrons. The number of hydrogen-bond donors (Lipinski definition) is 2. The van der Waals surface area contributed by atoms with Crippen LogP contribution in [0.4, 0.5) is 5.69 Å². The van der Waals surface area contributed by atoms with Gasteiger partial charge in [0.2, 0.25) is 0 Å². The highest BCUT2D eigenvalue weighted by atomic mass is 16.6. The van der Waals surface area contributed by atoms with Crippen LogP contribution in [0.15, 0.2) is 21.6 Å². The molecule has 182 valence electrons. The lowest BCUT2D eigenvalue weighted by Crippen LogP contribution is -2.47. The Bertz CT molecular complexity index is 1110. The molecule has 2 heterocycles. The number of aliphatic hydroxyl groups is 1. The predicted octanol–water partition coefficient (Wildman–Crippen LogP) is 3.91. The molecule has 8 nitrogen and oxygen atoms in total. The molecule has 5 rings (SSSR count). The summed E-state index contributed by atoms with van der Waals surface area (Å²) in [6.45, 7) is 7.09. The lowest BCUT2D eigenvalue weighted by Gasteiger charge is -2.28. The summed E-state index contributed by atoms with van der Waals surface area (Å²) in [4.78, 5) is 18.2. The molecule has 0 fully saturated rings. The van der Waals surface area contributed by atoms with E-state index in [9.17, 15) is 9.90 Å². The molecular formula is C26H33N3O5. The van der Waals surface area contributed by atoms with Crippen molar-refractivity contribution in [3.63, 3.8) is 0 Å². The van der Waals surface area contributed by atoms with Crippen LogP contribution in [0.25, 0.3) is 0 Å². The molecule has 34 heavy (non-hydrogen) atoms. The van der Waals surface area contributed by atoms with E-state index in [4.69, 9.17) is 19.0 Å². The third kappa shape index (κ3) is 3.59. The number of carbonyl (C=O) groups is 1. The maximum absolute atomic E-state index is 13.4. The van der Waals surface area contributed by atoms with Gasteiger partial charge in [0.25, 0.3) is 11.6 Å². The van der Waals surface area contributed by atoms with Crippen LogP contribution in [0.5, 0.6) is 0 Å². The van der Waals surface area contributed by atoms with Crippen LogP contribution in [0, 0.1) is 0 Å². The maximum atomic E-state index is 13.4. The average molecular weight is 468 g/mol. The molecule has 0 saturated heterocycles. The number of rotatable bonds is 6. The number of anilines is 1. The number of carbonyl (C=O) groups excluding carboxylic acids is 1. The fraction of sp³-hybridized carbons (Fsp3) is 0.577. The molecule has 0 bridgehead atoms. The van der Waals surface area contributed by atoms with Crippen molar-refractivity contribution in [3.8, 4) is 0 Å². The summed E-state index contributed by atoms with van der Waals surface area (Å²) in [5.41, 5.74) is 3.97. The van der Waals surface area contributed by atoms with Gasteiger partial charge in [0, 0.05) is 11.8 Å². The highest BCUT2D eigenvalue weighted by molar-refractivity contribution is 5.97. The molecule has 1 aliphatic heterocycles. The van der Waals surface area contributed by atoms with Crippen molar-refractivity contribution in [1.29, 1.82) is 0 Å². The first kappa shape index (κ1) is 22.9. The second-order valence-corrected chi connectivity index (χ2v) is 9.91. The zero-order valence-corrected chi connectivity index (χ0v) is 20.4. The van der Waals surface area contributed by atoms with Crippen molar-refractivity contribution >= 4 is 17.7 Å². The van der Waals surface area contributed by atoms with E-state index in [1.807, 2.05) is 6.92 Å². The number of ether oxygens (including phenoxy) is 2. The standard InChI is InChI=1S/C26H33N3O5/c1-5-19-26(23(30)32-6-2,20-14-21(34-29-20)25(3,4)31)33-24(27-19)28-22-17-11-7-9-15(17)13-16-10-8-12-18(16)22/h13-14,19,31H,5-12H2,1-4H3,(H,27,28)/t19-,26-/m0/s1. The van der Waals surface area contributed by atoms with Gasteiger partial charge in [0.05, 0.1) is 6.61 Å². The van der Waals surface area contributed by atoms with E-state index in [1.165, 1.54) is 22.3 Å². The van der Waals surface area contributed by atoms with Gasteiger partial charge in [-0.05, 0) is 88.0 Å². The van der Waals surface area contributed by atoms with Gasteiger partial charge in [-0.25, -0.2) is 9.79 Å². The van der Waals surface area contributed by atoms with Crippen LogP contribution >= 0.6 is 0 Å². The topological polar surface area (TPSA) is 106 Å². The van der Waals surface area contributed by atoms with Gasteiger partial charge < -0.3 is 24.4 Å². The van der Waals surface area contributed by atoms with Gasteiger partial charge >= 0.3 is 5.97 Å². The van der Waals surface area contributed by atoms with Crippen molar-refractivity contribution in [3.05, 3.63) is 45.8 Å². The zero-order valence-electron chi connectivity index (χ0n) is 20.4. The third-order valence-corrected chi connectivity index (χ3v) is 7.16. The first-order chi connectivity index (χ1) is 16.3. The Morgan fingerprint density at radius 2 is 1.85 bits per heavy atom. The van der Waals surface area contributed by atoms with Crippen molar-refractivity contribution in [2.75, 3.05) is 11.9 Å². The molecule has 2 atom stereocenters. The van der Waals surface area contributed by atoms with Crippen LogP contribution in [-0.4, -0.2) is 34.9 Å². The third-order valence-electron chi connectivity index (χ3n) is 7.16. The van der Waals surface area contributed by atoms with E-state index in [2.05, 4.69) is 16.5 Å². The summed E-state index contributed by atoms with van der Waals surface area (Å²) in [5.74, 6) is -0.328. The highest BCUT2D eigenvalue weighted by Gasteiger charge is 2.58. The molecule has 1 aromatic carbocycles. The highest BCUT2D eigenvalue weighted by Crippen LogP contribution is 2.43. The number of amidine groups is 1. The number of esters is 1. The fourth-order valence-corrected chi connectivity index (χ4v) is 5.47. The van der Waals surface area contributed by atoms with E-state index in [0.29, 0.717) is 12.4 Å². The molecule has 2 N–H and O–H groups in total. The van der Waals surface area contributed by atoms with Crippen molar-refractivity contribution in [1.82, 2.24) is 5.16 Å². The van der Waals surface area contributed by atoms with E-state index in [1.54, 1.807) is 26.8 Å². The van der Waals surface area contributed by atoms with Crippen LogP contribution in [-0.2, 0) is 51.2 Å². The van der Waals surface area contributed by atoms with Crippen molar-refractivity contribution in [2.45, 2.75) is 89.9 Å². The summed E-state index contributed by atoms with van der Waals surface area (Å²) < 4.78 is 17.2. The Kier molecular flexibility index (Phi) is 5.67. The number of nitrogens with zero attached hydrogens (tertiary/aromatic N) is 2. The number of aliphatic imine (C=N–C) groups is 1. The minimum absolute atomic E-state index is 0.193. The number of hydrogen-bond acceptors (Lipinski definition) is 8. The van der Waals surface area contributed by atoms with Crippen LogP contribution in [0.3, 0.4) is 0 Å². The quantitative estimate of drug-likeness (QED) is 0.620. The Morgan fingerprint density at radius 3 is 2.41 bits per heavy atom. The minimum Gasteiger partial charge on any atom is -0.463 e. The minimum atomic E-state index is -1.58. The van der Waals surface area contributed by atoms with Crippen molar-refractivity contribution in [2.24, 2.45) is 4.99 Å². The fourth-order valence-electron chi connectivity index (χ4n) is 5.47. The Hall–Kier alpha value is -2.87. The zero-order chi connectivity index (χ0) is 24.1. The van der Waals surface area contributed by atoms with Gasteiger partial charge in [0.1, 0.15) is 17.3 Å². The summed E-state index contributed by atoms with van der Waals surface area (Å²) in [7, 11) is 0. The number of fused-ring (bicyclic) bond motifs is 2. The lowest BCUT2D eigenvalue weighted by atomic mass is 9.88. The molecule has 1 aromatic heterocycles. The van der Waals surface area contributed by atoms with E-state index in [-0.39, 0.29) is 18.1 Å². The molecule has 0 unspecified atom stereocenters. The van der Waals surface area contributed by atoms with Crippen LogP contribution < -0.4 is 5.32 Å². The normalized spacial score (nSPS) is 23.3. The second-order valence-electron chi connectivity index (χ2n) is 9.91. The maximum Gasteiger partial charge on any atom is 0.359 e.